The molecule has 6 nitrogen and oxygen atoms in total. The smallest absolute Gasteiger partial charge is 0.252 e. The van der Waals surface area contributed by atoms with Crippen molar-refractivity contribution in [3.63, 3.8) is 0 Å². The van der Waals surface area contributed by atoms with Crippen molar-refractivity contribution in [2.24, 2.45) is 0 Å². The van der Waals surface area contributed by atoms with Crippen LogP contribution in [0.1, 0.15) is 15.9 Å². The summed E-state index contributed by atoms with van der Waals surface area (Å²) in [5.41, 5.74) is 1.89. The minimum atomic E-state index is -0.368. The summed E-state index contributed by atoms with van der Waals surface area (Å²) in [7, 11) is 0. The third-order valence-electron chi connectivity index (χ3n) is 4.51. The Balaban J connectivity index is 1.34. The lowest BCUT2D eigenvalue weighted by atomic mass is 10.1. The van der Waals surface area contributed by atoms with Gasteiger partial charge in [0.2, 0.25) is 12.7 Å². The molecule has 0 aliphatic carbocycles. The zero-order valence-corrected chi connectivity index (χ0v) is 17.2. The van der Waals surface area contributed by atoms with Gasteiger partial charge in [-0.1, -0.05) is 18.2 Å². The molecule has 1 aliphatic rings. The van der Waals surface area contributed by atoms with Crippen molar-refractivity contribution in [2.75, 3.05) is 17.9 Å². The van der Waals surface area contributed by atoms with Crippen LogP contribution in [0.3, 0.4) is 0 Å². The third kappa shape index (κ3) is 5.35. The molecule has 0 atom stereocenters. The van der Waals surface area contributed by atoms with Crippen LogP contribution in [-0.4, -0.2) is 24.4 Å². The predicted molar refractivity (Wildman–Crippen MR) is 116 cm³/mol. The number of carbonyl (C=O) groups excluding carboxylic acids is 2. The molecule has 0 bridgehead atoms. The van der Waals surface area contributed by atoms with Crippen molar-refractivity contribution in [3.05, 3.63) is 83.7 Å². The molecule has 3 aromatic carbocycles. The third-order valence-corrected chi connectivity index (χ3v) is 5.58. The monoisotopic (exact) mass is 438 g/mol. The highest BCUT2D eigenvalue weighted by Crippen LogP contribution is 2.32. The van der Waals surface area contributed by atoms with Crippen LogP contribution in [0.4, 0.5) is 10.1 Å². The van der Waals surface area contributed by atoms with Crippen LogP contribution in [0, 0.1) is 5.82 Å². The summed E-state index contributed by atoms with van der Waals surface area (Å²) in [5, 5.41) is 5.60. The summed E-state index contributed by atoms with van der Waals surface area (Å²) in [6, 6.07) is 18.2. The Hall–Kier alpha value is -3.52. The van der Waals surface area contributed by atoms with Gasteiger partial charge in [0.1, 0.15) is 5.82 Å². The summed E-state index contributed by atoms with van der Waals surface area (Å²) in [4.78, 5) is 25.6. The van der Waals surface area contributed by atoms with Crippen LogP contribution in [0.25, 0.3) is 0 Å². The highest BCUT2D eigenvalue weighted by molar-refractivity contribution is 8.00. The van der Waals surface area contributed by atoms with E-state index in [0.717, 1.165) is 5.56 Å². The molecular weight excluding hydrogens is 419 g/mol. The molecule has 0 saturated heterocycles. The summed E-state index contributed by atoms with van der Waals surface area (Å²) >= 11 is 1.26. The lowest BCUT2D eigenvalue weighted by molar-refractivity contribution is -0.113. The van der Waals surface area contributed by atoms with E-state index in [4.69, 9.17) is 9.47 Å². The molecule has 0 aromatic heterocycles. The van der Waals surface area contributed by atoms with Gasteiger partial charge in [-0.25, -0.2) is 4.39 Å². The number of thioether (sulfide) groups is 1. The van der Waals surface area contributed by atoms with Crippen LogP contribution >= 0.6 is 11.8 Å². The number of amides is 2. The van der Waals surface area contributed by atoms with Crippen LogP contribution < -0.4 is 20.1 Å². The fourth-order valence-electron chi connectivity index (χ4n) is 2.98. The lowest BCUT2D eigenvalue weighted by Gasteiger charge is -2.11. The molecular formula is C23H19FN2O4S. The molecule has 0 radical (unpaired) electrons. The van der Waals surface area contributed by atoms with Crippen molar-refractivity contribution in [3.8, 4) is 11.5 Å². The van der Waals surface area contributed by atoms with Gasteiger partial charge < -0.3 is 20.1 Å². The lowest BCUT2D eigenvalue weighted by Crippen LogP contribution is -2.23. The molecule has 1 aliphatic heterocycles. The molecule has 8 heteroatoms. The average Bonchev–Trinajstić information content (AvgIpc) is 3.26. The van der Waals surface area contributed by atoms with Gasteiger partial charge in [0.25, 0.3) is 5.91 Å². The first kappa shape index (κ1) is 20.7. The van der Waals surface area contributed by atoms with Crippen molar-refractivity contribution >= 4 is 29.3 Å². The van der Waals surface area contributed by atoms with Gasteiger partial charge in [0.15, 0.2) is 11.5 Å². The largest absolute Gasteiger partial charge is 0.454 e. The van der Waals surface area contributed by atoms with E-state index >= 15 is 0 Å². The van der Waals surface area contributed by atoms with Gasteiger partial charge in [0, 0.05) is 17.1 Å². The Bertz CT molecular complexity index is 1100. The molecule has 2 N–H and O–H groups in total. The first-order valence-corrected chi connectivity index (χ1v) is 10.5. The van der Waals surface area contributed by atoms with E-state index in [0.29, 0.717) is 34.2 Å². The maximum Gasteiger partial charge on any atom is 0.252 e. The predicted octanol–water partition coefficient (Wildman–Crippen LogP) is 4.22. The summed E-state index contributed by atoms with van der Waals surface area (Å²) in [6.07, 6.45) is 0. The maximum absolute atomic E-state index is 13.0. The normalized spacial score (nSPS) is 11.8. The van der Waals surface area contributed by atoms with Gasteiger partial charge in [-0.05, 0) is 54.1 Å². The zero-order valence-electron chi connectivity index (χ0n) is 16.4. The Labute approximate surface area is 182 Å². The van der Waals surface area contributed by atoms with E-state index in [1.165, 1.54) is 36.0 Å². The molecule has 31 heavy (non-hydrogen) atoms. The molecule has 0 unspecified atom stereocenters. The summed E-state index contributed by atoms with van der Waals surface area (Å²) in [6.45, 7) is 0.532. The van der Waals surface area contributed by atoms with E-state index in [2.05, 4.69) is 10.6 Å². The molecule has 0 fully saturated rings. The Kier molecular flexibility index (Phi) is 6.37. The number of hydrogen-bond acceptors (Lipinski definition) is 5. The fourth-order valence-corrected chi connectivity index (χ4v) is 3.83. The topological polar surface area (TPSA) is 76.7 Å². The molecule has 1 heterocycles. The maximum atomic E-state index is 13.0. The zero-order chi connectivity index (χ0) is 21.6. The second-order valence-corrected chi connectivity index (χ2v) is 7.73. The first-order valence-electron chi connectivity index (χ1n) is 9.52. The molecule has 158 valence electrons. The van der Waals surface area contributed by atoms with Gasteiger partial charge in [-0.15, -0.1) is 11.8 Å². The fraction of sp³-hybridized carbons (Fsp3) is 0.130. The van der Waals surface area contributed by atoms with Crippen molar-refractivity contribution in [1.29, 1.82) is 0 Å². The Morgan fingerprint density at radius 1 is 0.968 bits per heavy atom. The molecule has 0 spiro atoms. The number of nitrogens with one attached hydrogen (secondary N) is 2. The average molecular weight is 438 g/mol. The quantitative estimate of drug-likeness (QED) is 0.541. The molecule has 4 rings (SSSR count). The Morgan fingerprint density at radius 3 is 2.58 bits per heavy atom. The standard InChI is InChI=1S/C23H19FN2O4S/c24-16-6-8-17(9-7-16)26-22(27)13-31-21-4-2-1-3-18(21)23(28)25-12-15-5-10-19-20(11-15)30-14-29-19/h1-11H,12-14H2,(H,25,28)(H,26,27). The molecule has 2 amide bonds. The highest BCUT2D eigenvalue weighted by Gasteiger charge is 2.15. The summed E-state index contributed by atoms with van der Waals surface area (Å²) < 4.78 is 23.6. The van der Waals surface area contributed by atoms with Gasteiger partial charge in [0.05, 0.1) is 11.3 Å². The minimum Gasteiger partial charge on any atom is -0.454 e. The number of hydrogen-bond donors (Lipinski definition) is 2. The van der Waals surface area contributed by atoms with Crippen molar-refractivity contribution in [1.82, 2.24) is 5.32 Å². The van der Waals surface area contributed by atoms with Crippen molar-refractivity contribution in [2.45, 2.75) is 11.4 Å². The molecule has 3 aromatic rings. The minimum absolute atomic E-state index is 0.115. The van der Waals surface area contributed by atoms with Crippen LogP contribution in [0.5, 0.6) is 11.5 Å². The van der Waals surface area contributed by atoms with E-state index in [1.54, 1.807) is 18.2 Å². The van der Waals surface area contributed by atoms with Gasteiger partial charge in [-0.2, -0.15) is 0 Å². The van der Waals surface area contributed by atoms with Crippen LogP contribution in [0.2, 0.25) is 0 Å². The first-order chi connectivity index (χ1) is 15.1. The van der Waals surface area contributed by atoms with E-state index < -0.39 is 0 Å². The van der Waals surface area contributed by atoms with E-state index in [1.807, 2.05) is 24.3 Å². The number of rotatable bonds is 7. The van der Waals surface area contributed by atoms with E-state index in [9.17, 15) is 14.0 Å². The number of carbonyl (C=O) groups is 2. The number of halogens is 1. The van der Waals surface area contributed by atoms with Gasteiger partial charge in [-0.3, -0.25) is 9.59 Å². The van der Waals surface area contributed by atoms with Gasteiger partial charge >= 0.3 is 0 Å². The van der Waals surface area contributed by atoms with Crippen LogP contribution in [-0.2, 0) is 11.3 Å². The second-order valence-electron chi connectivity index (χ2n) is 6.71. The second kappa shape index (κ2) is 9.53. The van der Waals surface area contributed by atoms with Crippen molar-refractivity contribution < 1.29 is 23.5 Å². The highest BCUT2D eigenvalue weighted by atomic mass is 32.2. The SMILES string of the molecule is O=C(CSc1ccccc1C(=O)NCc1ccc2c(c1)OCO2)Nc1ccc(F)cc1. The van der Waals surface area contributed by atoms with Crippen LogP contribution in [0.15, 0.2) is 71.6 Å². The molecule has 0 saturated carbocycles. The number of fused-ring (bicyclic) bond motifs is 1. The summed E-state index contributed by atoms with van der Waals surface area (Å²) in [5.74, 6) is 0.620. The Morgan fingerprint density at radius 2 is 1.74 bits per heavy atom. The van der Waals surface area contributed by atoms with E-state index in [-0.39, 0.29) is 30.2 Å². The number of anilines is 1. The number of benzene rings is 3. The number of ether oxygens (including phenoxy) is 2.